The van der Waals surface area contributed by atoms with Crippen LogP contribution < -0.4 is 8.45 Å². The molecule has 0 saturated carbocycles. The molecular formula is C24H38N2O2Sn. The zero-order chi connectivity index (χ0) is 21.0. The van der Waals surface area contributed by atoms with Gasteiger partial charge in [0.1, 0.15) is 0 Å². The maximum absolute atomic E-state index is 9.70. The van der Waals surface area contributed by atoms with Crippen LogP contribution in [-0.4, -0.2) is 45.4 Å². The number of rotatable bonds is 13. The van der Waals surface area contributed by atoms with E-state index in [1.54, 1.807) is 0 Å². The summed E-state index contributed by atoms with van der Waals surface area (Å²) in [6.07, 6.45) is 13.6. The standard InChI is InChI=1S/C13H27.C11H11N2O2.Sn/c1-4-7-10-13(11-8-5-2)12-9-6-3;12-8-10-11(2-1-5-13-10)15-9-3-6-14-7-4-9;/h4-12H2,1-3H3;1-2,9H,3-4,6-7H2;. The van der Waals surface area contributed by atoms with Gasteiger partial charge in [0, 0.05) is 0 Å². The van der Waals surface area contributed by atoms with Gasteiger partial charge in [0.15, 0.2) is 0 Å². The van der Waals surface area contributed by atoms with Crippen LogP contribution in [0.4, 0.5) is 0 Å². The molecule has 1 aliphatic rings. The Balaban J connectivity index is 2.18. The molecule has 2 radical (unpaired) electrons. The number of nitrogens with zero attached hydrogens (tertiary/aromatic N) is 2. The quantitative estimate of drug-likeness (QED) is 0.329. The molecule has 0 atom stereocenters. The number of nitriles is 1. The minimum atomic E-state index is -0.928. The van der Waals surface area contributed by atoms with E-state index in [2.05, 4.69) is 32.9 Å². The van der Waals surface area contributed by atoms with E-state index in [-0.39, 0.29) is 6.10 Å². The van der Waals surface area contributed by atoms with Crippen molar-refractivity contribution in [1.29, 1.82) is 5.26 Å². The summed E-state index contributed by atoms with van der Waals surface area (Å²) in [7, 11) is 0. The second-order valence-electron chi connectivity index (χ2n) is 8.30. The molecule has 0 aromatic carbocycles. The molecule has 5 heteroatoms. The monoisotopic (exact) mass is 506 g/mol. The summed E-state index contributed by atoms with van der Waals surface area (Å²) < 4.78 is 13.2. The molecule has 1 aromatic rings. The topological polar surface area (TPSA) is 55.1 Å². The number of hydrogen-bond donors (Lipinski definition) is 0. The normalized spacial score (nSPS) is 15.2. The van der Waals surface area contributed by atoms with Crippen molar-refractivity contribution in [2.45, 2.75) is 101 Å². The molecule has 2 rings (SSSR count). The Labute approximate surface area is 188 Å². The van der Waals surface area contributed by atoms with Crippen molar-refractivity contribution < 1.29 is 9.47 Å². The number of ether oxygens (including phenoxy) is 2. The third kappa shape index (κ3) is 8.09. The van der Waals surface area contributed by atoms with Gasteiger partial charge >= 0.3 is 188 Å². The minimum absolute atomic E-state index is 0.140. The van der Waals surface area contributed by atoms with Gasteiger partial charge in [-0.2, -0.15) is 0 Å². The first-order valence-corrected chi connectivity index (χ1v) is 14.5. The maximum atomic E-state index is 9.70. The number of unbranched alkanes of at least 4 members (excludes halogenated alkanes) is 3. The summed E-state index contributed by atoms with van der Waals surface area (Å²) in [6.45, 7) is 8.36. The molecule has 0 aliphatic carbocycles. The molecule has 0 N–H and O–H groups in total. The average Bonchev–Trinajstić information content (AvgIpc) is 2.76. The van der Waals surface area contributed by atoms with Crippen LogP contribution >= 0.6 is 0 Å². The van der Waals surface area contributed by atoms with Crippen molar-refractivity contribution in [2.75, 3.05) is 13.2 Å². The number of aromatic nitrogens is 1. The SMILES string of the molecule is CCCC[C](CCCC)(CCCC)[Sn][c]1ccc(OC2CCOCC2)c(C#N)n1. The van der Waals surface area contributed by atoms with Crippen LogP contribution in [0.1, 0.15) is 97.1 Å². The van der Waals surface area contributed by atoms with Crippen LogP contribution in [0, 0.1) is 11.3 Å². The van der Waals surface area contributed by atoms with Crippen LogP contribution in [0.2, 0.25) is 3.43 Å². The summed E-state index contributed by atoms with van der Waals surface area (Å²) in [5.41, 5.74) is 0.477. The number of pyridine rings is 1. The molecule has 160 valence electrons. The van der Waals surface area contributed by atoms with Gasteiger partial charge in [-0.1, -0.05) is 0 Å². The first kappa shape index (κ1) is 24.5. The van der Waals surface area contributed by atoms with Crippen molar-refractivity contribution in [1.82, 2.24) is 4.98 Å². The van der Waals surface area contributed by atoms with Crippen molar-refractivity contribution >= 4 is 24.9 Å². The van der Waals surface area contributed by atoms with Gasteiger partial charge in [-0.3, -0.25) is 0 Å². The molecule has 29 heavy (non-hydrogen) atoms. The predicted octanol–water partition coefficient (Wildman–Crippen LogP) is 5.57. The molecule has 1 saturated heterocycles. The second kappa shape index (κ2) is 13.5. The van der Waals surface area contributed by atoms with Crippen LogP contribution in [0.3, 0.4) is 0 Å². The summed E-state index contributed by atoms with van der Waals surface area (Å²) in [6, 6.07) is 6.48. The van der Waals surface area contributed by atoms with Crippen molar-refractivity contribution in [3.05, 3.63) is 17.8 Å². The molecule has 1 fully saturated rings. The summed E-state index contributed by atoms with van der Waals surface area (Å²) in [5.74, 6) is 0.656. The van der Waals surface area contributed by atoms with E-state index in [0.29, 0.717) is 14.9 Å². The first-order valence-electron chi connectivity index (χ1n) is 11.6. The van der Waals surface area contributed by atoms with Crippen molar-refractivity contribution in [2.24, 2.45) is 0 Å². The Hall–Kier alpha value is -0.801. The van der Waals surface area contributed by atoms with Gasteiger partial charge in [-0.15, -0.1) is 0 Å². The summed E-state index contributed by atoms with van der Waals surface area (Å²) >= 11 is -0.928. The van der Waals surface area contributed by atoms with Gasteiger partial charge in [-0.05, 0) is 0 Å². The molecule has 2 heterocycles. The Kier molecular flexibility index (Phi) is 11.4. The Morgan fingerprint density at radius 3 is 2.17 bits per heavy atom. The first-order chi connectivity index (χ1) is 14.2. The van der Waals surface area contributed by atoms with Crippen molar-refractivity contribution in [3.63, 3.8) is 0 Å². The third-order valence-electron chi connectivity index (χ3n) is 5.85. The fourth-order valence-corrected chi connectivity index (χ4v) is 9.13. The second-order valence-corrected chi connectivity index (χ2v) is 13.5. The van der Waals surface area contributed by atoms with E-state index in [4.69, 9.17) is 14.5 Å². The predicted molar refractivity (Wildman–Crippen MR) is 120 cm³/mol. The van der Waals surface area contributed by atoms with E-state index >= 15 is 0 Å². The average molecular weight is 505 g/mol. The van der Waals surface area contributed by atoms with Gasteiger partial charge < -0.3 is 0 Å². The van der Waals surface area contributed by atoms with Crippen LogP contribution in [0.25, 0.3) is 0 Å². The van der Waals surface area contributed by atoms with Crippen LogP contribution in [-0.2, 0) is 4.74 Å². The molecule has 4 nitrogen and oxygen atoms in total. The molecule has 0 bridgehead atoms. The zero-order valence-corrected chi connectivity index (χ0v) is 21.5. The molecule has 0 amide bonds. The van der Waals surface area contributed by atoms with Crippen LogP contribution in [0.5, 0.6) is 5.75 Å². The van der Waals surface area contributed by atoms with Gasteiger partial charge in [0.05, 0.1) is 0 Å². The summed E-state index contributed by atoms with van der Waals surface area (Å²) in [4.78, 5) is 4.82. The molecule has 1 aliphatic heterocycles. The molecule has 0 unspecified atom stereocenters. The van der Waals surface area contributed by atoms with Crippen molar-refractivity contribution in [3.8, 4) is 11.8 Å². The van der Waals surface area contributed by atoms with Gasteiger partial charge in [0.2, 0.25) is 0 Å². The summed E-state index contributed by atoms with van der Waals surface area (Å²) in [5, 5.41) is 9.70. The number of hydrogen-bond acceptors (Lipinski definition) is 4. The molecular weight excluding hydrogens is 467 g/mol. The zero-order valence-electron chi connectivity index (χ0n) is 18.6. The fourth-order valence-electron chi connectivity index (χ4n) is 4.04. The fraction of sp³-hybridized carbons (Fsp3) is 0.750. The Morgan fingerprint density at radius 2 is 1.66 bits per heavy atom. The van der Waals surface area contributed by atoms with Crippen LogP contribution in [0.15, 0.2) is 12.1 Å². The molecule has 0 spiro atoms. The van der Waals surface area contributed by atoms with Gasteiger partial charge in [-0.25, -0.2) is 0 Å². The Bertz CT molecular complexity index is 616. The van der Waals surface area contributed by atoms with E-state index in [1.807, 2.05) is 6.07 Å². The molecule has 1 aromatic heterocycles. The van der Waals surface area contributed by atoms with E-state index in [0.717, 1.165) is 26.1 Å². The van der Waals surface area contributed by atoms with E-state index in [9.17, 15) is 5.26 Å². The van der Waals surface area contributed by atoms with E-state index in [1.165, 1.54) is 61.5 Å². The Morgan fingerprint density at radius 1 is 1.07 bits per heavy atom. The van der Waals surface area contributed by atoms with Gasteiger partial charge in [0.25, 0.3) is 0 Å². The third-order valence-corrected chi connectivity index (χ3v) is 11.0. The van der Waals surface area contributed by atoms with E-state index < -0.39 is 21.1 Å².